The zero-order valence-electron chi connectivity index (χ0n) is 8.87. The molecule has 0 aromatic heterocycles. The number of hydrogen-bond donors (Lipinski definition) is 1. The molecule has 0 aromatic carbocycles. The third-order valence-corrected chi connectivity index (χ3v) is 1.64. The van der Waals surface area contributed by atoms with Crippen molar-refractivity contribution in [3.05, 3.63) is 0 Å². The SMILES string of the molecule is B[C@@H](CO)OC(C)(COC)COC. The van der Waals surface area contributed by atoms with Crippen molar-refractivity contribution >= 4 is 7.85 Å². The lowest BCUT2D eigenvalue weighted by Crippen LogP contribution is -2.43. The number of aliphatic hydroxyl groups is 1. The Bertz CT molecular complexity index is 125. The van der Waals surface area contributed by atoms with Gasteiger partial charge in [-0.3, -0.25) is 0 Å². The van der Waals surface area contributed by atoms with Crippen LogP contribution in [0.2, 0.25) is 0 Å². The van der Waals surface area contributed by atoms with Crippen molar-refractivity contribution in [3.8, 4) is 0 Å². The molecule has 0 amide bonds. The second-order valence-corrected chi connectivity index (χ2v) is 3.43. The van der Waals surface area contributed by atoms with Crippen LogP contribution in [0.1, 0.15) is 6.92 Å². The molecule has 0 spiro atoms. The van der Waals surface area contributed by atoms with Gasteiger partial charge in [-0.15, -0.1) is 0 Å². The van der Waals surface area contributed by atoms with Crippen LogP contribution >= 0.6 is 0 Å². The highest BCUT2D eigenvalue weighted by Crippen LogP contribution is 2.13. The molecule has 0 aliphatic rings. The molecule has 0 heterocycles. The van der Waals surface area contributed by atoms with E-state index < -0.39 is 5.60 Å². The largest absolute Gasteiger partial charge is 0.394 e. The lowest BCUT2D eigenvalue weighted by atomic mass is 9.99. The van der Waals surface area contributed by atoms with Gasteiger partial charge in [0.25, 0.3) is 0 Å². The molecule has 13 heavy (non-hydrogen) atoms. The Kier molecular flexibility index (Phi) is 6.33. The highest BCUT2D eigenvalue weighted by molar-refractivity contribution is 6.11. The van der Waals surface area contributed by atoms with Gasteiger partial charge in [-0.25, -0.2) is 0 Å². The van der Waals surface area contributed by atoms with E-state index in [1.54, 1.807) is 14.2 Å². The minimum Gasteiger partial charge on any atom is -0.394 e. The Labute approximate surface area is 80.6 Å². The number of methoxy groups -OCH3 is 2. The fourth-order valence-corrected chi connectivity index (χ4v) is 1.24. The summed E-state index contributed by atoms with van der Waals surface area (Å²) in [6.07, 6.45) is 0. The normalized spacial score (nSPS) is 14.5. The van der Waals surface area contributed by atoms with Crippen LogP contribution in [0.4, 0.5) is 0 Å². The maximum Gasteiger partial charge on any atom is 0.142 e. The smallest absolute Gasteiger partial charge is 0.142 e. The zero-order chi connectivity index (χ0) is 10.3. The average molecular weight is 190 g/mol. The number of ether oxygens (including phenoxy) is 3. The molecule has 0 fully saturated rings. The van der Waals surface area contributed by atoms with Crippen molar-refractivity contribution in [2.45, 2.75) is 18.5 Å². The predicted octanol–water partition coefficient (Wildman–Crippen LogP) is -0.994. The van der Waals surface area contributed by atoms with E-state index in [1.165, 1.54) is 0 Å². The van der Waals surface area contributed by atoms with Crippen LogP contribution in [0.15, 0.2) is 0 Å². The summed E-state index contributed by atoms with van der Waals surface area (Å²) in [4.78, 5) is 0. The third-order valence-electron chi connectivity index (χ3n) is 1.64. The first-order valence-corrected chi connectivity index (χ1v) is 4.34. The second kappa shape index (κ2) is 6.37. The van der Waals surface area contributed by atoms with Crippen molar-refractivity contribution in [1.82, 2.24) is 0 Å². The van der Waals surface area contributed by atoms with Crippen LogP contribution in [0, 0.1) is 0 Å². The molecule has 0 unspecified atom stereocenters. The molecule has 0 saturated heterocycles. The summed E-state index contributed by atoms with van der Waals surface area (Å²) in [6, 6.07) is -0.199. The van der Waals surface area contributed by atoms with Crippen molar-refractivity contribution in [2.75, 3.05) is 34.0 Å². The second-order valence-electron chi connectivity index (χ2n) is 3.43. The van der Waals surface area contributed by atoms with Crippen LogP contribution in [0.25, 0.3) is 0 Å². The third kappa shape index (κ3) is 5.26. The van der Waals surface area contributed by atoms with E-state index in [1.807, 2.05) is 14.8 Å². The Morgan fingerprint density at radius 3 is 2.08 bits per heavy atom. The van der Waals surface area contributed by atoms with Crippen molar-refractivity contribution < 1.29 is 19.3 Å². The molecule has 0 aliphatic carbocycles. The molecule has 0 radical (unpaired) electrons. The summed E-state index contributed by atoms with van der Waals surface area (Å²) in [5.41, 5.74) is -0.481. The molecular formula is C8H19BO4. The van der Waals surface area contributed by atoms with E-state index in [2.05, 4.69) is 0 Å². The summed E-state index contributed by atoms with van der Waals surface area (Å²) in [5.74, 6) is 0. The lowest BCUT2D eigenvalue weighted by molar-refractivity contribution is -0.131. The minimum atomic E-state index is -0.481. The van der Waals surface area contributed by atoms with Gasteiger partial charge >= 0.3 is 0 Å². The van der Waals surface area contributed by atoms with E-state index in [-0.39, 0.29) is 12.6 Å². The topological polar surface area (TPSA) is 47.9 Å². The molecule has 1 N–H and O–H groups in total. The maximum atomic E-state index is 8.83. The predicted molar refractivity (Wildman–Crippen MR) is 52.7 cm³/mol. The van der Waals surface area contributed by atoms with Gasteiger partial charge in [0.15, 0.2) is 0 Å². The molecule has 1 atom stereocenters. The fraction of sp³-hybridized carbons (Fsp3) is 1.00. The van der Waals surface area contributed by atoms with Gasteiger partial charge in [-0.05, 0) is 6.92 Å². The maximum absolute atomic E-state index is 8.83. The van der Waals surface area contributed by atoms with Crippen LogP contribution in [0.5, 0.6) is 0 Å². The summed E-state index contributed by atoms with van der Waals surface area (Å²) in [5, 5.41) is 8.83. The lowest BCUT2D eigenvalue weighted by Gasteiger charge is -2.31. The summed E-state index contributed by atoms with van der Waals surface area (Å²) in [6.45, 7) is 2.80. The molecular weight excluding hydrogens is 171 g/mol. The van der Waals surface area contributed by atoms with Crippen LogP contribution < -0.4 is 0 Å². The van der Waals surface area contributed by atoms with Gasteiger partial charge < -0.3 is 19.3 Å². The molecule has 0 saturated carbocycles. The highest BCUT2D eigenvalue weighted by Gasteiger charge is 2.27. The van der Waals surface area contributed by atoms with Crippen molar-refractivity contribution in [3.63, 3.8) is 0 Å². The van der Waals surface area contributed by atoms with Gasteiger partial charge in [0, 0.05) is 20.2 Å². The first-order valence-electron chi connectivity index (χ1n) is 4.34. The molecule has 0 bridgehead atoms. The van der Waals surface area contributed by atoms with E-state index in [0.717, 1.165) is 0 Å². The van der Waals surface area contributed by atoms with Gasteiger partial charge in [0.2, 0.25) is 0 Å². The van der Waals surface area contributed by atoms with Crippen LogP contribution in [0.3, 0.4) is 0 Å². The Morgan fingerprint density at radius 1 is 1.31 bits per heavy atom. The molecule has 5 heteroatoms. The van der Waals surface area contributed by atoms with Crippen molar-refractivity contribution in [2.24, 2.45) is 0 Å². The summed E-state index contributed by atoms with van der Waals surface area (Å²) < 4.78 is 15.6. The van der Waals surface area contributed by atoms with E-state index >= 15 is 0 Å². The first-order chi connectivity index (χ1) is 6.08. The minimum absolute atomic E-state index is 0.00299. The molecule has 4 nitrogen and oxygen atoms in total. The van der Waals surface area contributed by atoms with Gasteiger partial charge in [0.1, 0.15) is 13.4 Å². The molecule has 0 aliphatic heterocycles. The van der Waals surface area contributed by atoms with E-state index in [9.17, 15) is 0 Å². The van der Waals surface area contributed by atoms with Gasteiger partial charge in [0.05, 0.1) is 19.8 Å². The fourth-order valence-electron chi connectivity index (χ4n) is 1.24. The molecule has 0 rings (SSSR count). The number of rotatable bonds is 7. The van der Waals surface area contributed by atoms with Crippen LogP contribution in [-0.2, 0) is 14.2 Å². The first kappa shape index (κ1) is 12.9. The zero-order valence-corrected chi connectivity index (χ0v) is 8.87. The Balaban J connectivity index is 4.05. The summed E-state index contributed by atoms with van der Waals surface area (Å²) >= 11 is 0. The standard InChI is InChI=1S/C8H19BO4/c1-8(5-11-2,6-12-3)13-7(9)4-10/h7,10H,4-6,9H2,1-3H3/t7-/m1/s1. The molecule has 0 aromatic rings. The monoisotopic (exact) mass is 190 g/mol. The van der Waals surface area contributed by atoms with E-state index in [0.29, 0.717) is 13.2 Å². The van der Waals surface area contributed by atoms with Gasteiger partial charge in [-0.1, -0.05) is 0 Å². The Morgan fingerprint density at radius 2 is 1.77 bits per heavy atom. The summed E-state index contributed by atoms with van der Waals surface area (Å²) in [7, 11) is 5.03. The number of aliphatic hydroxyl groups excluding tert-OH is 1. The van der Waals surface area contributed by atoms with Gasteiger partial charge in [-0.2, -0.15) is 0 Å². The average Bonchev–Trinajstić information content (AvgIpc) is 2.04. The van der Waals surface area contributed by atoms with E-state index in [4.69, 9.17) is 19.3 Å². The van der Waals surface area contributed by atoms with Crippen LogP contribution in [-0.4, -0.2) is 58.6 Å². The highest BCUT2D eigenvalue weighted by atomic mass is 16.6. The van der Waals surface area contributed by atoms with Crippen molar-refractivity contribution in [1.29, 1.82) is 0 Å². The Hall–Kier alpha value is -0.0951. The number of hydrogen-bond acceptors (Lipinski definition) is 4. The quantitative estimate of drug-likeness (QED) is 0.523. The molecule has 78 valence electrons.